The number of piperidine rings is 1. The van der Waals surface area contributed by atoms with E-state index in [2.05, 4.69) is 10.4 Å². The van der Waals surface area contributed by atoms with E-state index in [0.29, 0.717) is 48.4 Å². The van der Waals surface area contributed by atoms with Gasteiger partial charge in [-0.3, -0.25) is 9.48 Å². The van der Waals surface area contributed by atoms with Gasteiger partial charge in [-0.15, -0.1) is 0 Å². The first-order valence-electron chi connectivity index (χ1n) is 11.7. The van der Waals surface area contributed by atoms with Crippen molar-refractivity contribution in [3.05, 3.63) is 48.3 Å². The van der Waals surface area contributed by atoms with Crippen LogP contribution in [0.5, 0.6) is 5.75 Å². The van der Waals surface area contributed by atoms with Gasteiger partial charge in [0.25, 0.3) is 5.91 Å². The van der Waals surface area contributed by atoms with E-state index in [9.17, 15) is 9.90 Å². The van der Waals surface area contributed by atoms with Crippen molar-refractivity contribution in [2.45, 2.75) is 31.4 Å². The topological polar surface area (TPSA) is 119 Å². The van der Waals surface area contributed by atoms with E-state index in [1.165, 1.54) is 0 Å². The zero-order chi connectivity index (χ0) is 23.7. The lowest BCUT2D eigenvalue weighted by Gasteiger charge is -2.25. The summed E-state index contributed by atoms with van der Waals surface area (Å²) in [5.41, 5.74) is 8.84. The molecule has 2 aromatic heterocycles. The van der Waals surface area contributed by atoms with E-state index in [-0.39, 0.29) is 5.56 Å². The van der Waals surface area contributed by atoms with Crippen LogP contribution in [0.1, 0.15) is 35.7 Å². The van der Waals surface area contributed by atoms with E-state index in [1.54, 1.807) is 13.3 Å². The quantitative estimate of drug-likeness (QED) is 0.514. The summed E-state index contributed by atoms with van der Waals surface area (Å²) >= 11 is 0. The van der Waals surface area contributed by atoms with Crippen LogP contribution in [0.3, 0.4) is 0 Å². The molecule has 1 aromatic carbocycles. The number of ether oxygens (including phenoxy) is 1. The molecule has 178 valence electrons. The molecular weight excluding hydrogens is 432 g/mol. The lowest BCUT2D eigenvalue weighted by molar-refractivity contribution is 0.0998. The Morgan fingerprint density at radius 2 is 1.94 bits per heavy atom. The second kappa shape index (κ2) is 9.44. The second-order valence-corrected chi connectivity index (χ2v) is 8.88. The van der Waals surface area contributed by atoms with Gasteiger partial charge in [-0.05, 0) is 32.4 Å². The van der Waals surface area contributed by atoms with Gasteiger partial charge in [-0.1, -0.05) is 30.3 Å². The van der Waals surface area contributed by atoms with Crippen LogP contribution in [0.2, 0.25) is 0 Å². The molecule has 0 bridgehead atoms. The number of methoxy groups -OCH3 is 1. The Labute approximate surface area is 198 Å². The molecule has 2 saturated heterocycles. The highest BCUT2D eigenvalue weighted by Gasteiger charge is 2.32. The molecule has 34 heavy (non-hydrogen) atoms. The Balaban J connectivity index is 1.72. The van der Waals surface area contributed by atoms with Crippen LogP contribution in [0.15, 0.2) is 42.7 Å². The fraction of sp³-hybridized carbons (Fsp3) is 0.400. The van der Waals surface area contributed by atoms with Crippen molar-refractivity contribution >= 4 is 11.7 Å². The van der Waals surface area contributed by atoms with Gasteiger partial charge in [0.15, 0.2) is 0 Å². The highest BCUT2D eigenvalue weighted by atomic mass is 16.5. The summed E-state index contributed by atoms with van der Waals surface area (Å²) in [7, 11) is 1.54. The third-order valence-electron chi connectivity index (χ3n) is 6.67. The first kappa shape index (κ1) is 22.4. The molecule has 1 atom stereocenters. The number of pyridine rings is 1. The number of aliphatic hydroxyl groups excluding tert-OH is 1. The largest absolute Gasteiger partial charge is 0.495 e. The van der Waals surface area contributed by atoms with Crippen LogP contribution in [-0.2, 0) is 0 Å². The summed E-state index contributed by atoms with van der Waals surface area (Å²) in [4.78, 5) is 19.7. The summed E-state index contributed by atoms with van der Waals surface area (Å²) in [5, 5.41) is 18.3. The number of nitrogens with two attached hydrogens (primary N) is 1. The van der Waals surface area contributed by atoms with Gasteiger partial charge >= 0.3 is 0 Å². The minimum Gasteiger partial charge on any atom is -0.495 e. The molecule has 2 aliphatic heterocycles. The molecular formula is C25H30N6O3. The Hall–Kier alpha value is -3.43. The molecule has 9 nitrogen and oxygen atoms in total. The van der Waals surface area contributed by atoms with Crippen molar-refractivity contribution in [2.24, 2.45) is 5.73 Å². The van der Waals surface area contributed by atoms with Crippen LogP contribution in [-0.4, -0.2) is 65.2 Å². The lowest BCUT2D eigenvalue weighted by Crippen LogP contribution is -2.29. The predicted molar refractivity (Wildman–Crippen MR) is 130 cm³/mol. The summed E-state index contributed by atoms with van der Waals surface area (Å²) < 4.78 is 7.85. The molecule has 2 aliphatic rings. The van der Waals surface area contributed by atoms with Crippen LogP contribution in [0.4, 0.5) is 5.82 Å². The number of aromatic nitrogens is 3. The maximum Gasteiger partial charge on any atom is 0.254 e. The molecule has 2 fully saturated rings. The van der Waals surface area contributed by atoms with Crippen molar-refractivity contribution in [1.29, 1.82) is 0 Å². The highest BCUT2D eigenvalue weighted by molar-refractivity contribution is 6.05. The van der Waals surface area contributed by atoms with Gasteiger partial charge in [-0.25, -0.2) is 4.98 Å². The average Bonchev–Trinajstić information content (AvgIpc) is 3.53. The molecule has 5 rings (SSSR count). The number of carbonyl (C=O) groups is 1. The van der Waals surface area contributed by atoms with Crippen molar-refractivity contribution < 1.29 is 14.6 Å². The molecule has 3 aromatic rings. The van der Waals surface area contributed by atoms with Crippen molar-refractivity contribution in [3.8, 4) is 28.1 Å². The minimum absolute atomic E-state index is 0.238. The maximum atomic E-state index is 12.7. The number of amides is 1. The van der Waals surface area contributed by atoms with Crippen LogP contribution < -0.4 is 20.7 Å². The Bertz CT molecular complexity index is 1170. The molecule has 0 saturated carbocycles. The van der Waals surface area contributed by atoms with E-state index in [1.807, 2.05) is 46.1 Å². The number of nitrogens with zero attached hydrogens (tertiary/aromatic N) is 4. The van der Waals surface area contributed by atoms with E-state index in [4.69, 9.17) is 15.5 Å². The number of hydrogen-bond donors (Lipinski definition) is 3. The Morgan fingerprint density at radius 3 is 2.59 bits per heavy atom. The molecule has 0 unspecified atom stereocenters. The number of hydrogen-bond acceptors (Lipinski definition) is 7. The summed E-state index contributed by atoms with van der Waals surface area (Å²) in [6.07, 6.45) is 6.01. The van der Waals surface area contributed by atoms with Crippen molar-refractivity contribution in [2.75, 3.05) is 38.2 Å². The summed E-state index contributed by atoms with van der Waals surface area (Å²) in [5.74, 6) is 0.424. The molecule has 1 amide bonds. The predicted octanol–water partition coefficient (Wildman–Crippen LogP) is 2.22. The number of β-amino-alcohol motifs (C(OH)–C–C–N with tert-alkyl or cyclic N) is 1. The number of rotatable bonds is 6. The summed E-state index contributed by atoms with van der Waals surface area (Å²) in [6, 6.07) is 9.79. The third kappa shape index (κ3) is 4.12. The van der Waals surface area contributed by atoms with Crippen molar-refractivity contribution in [3.63, 3.8) is 0 Å². The number of anilines is 1. The number of primary amides is 1. The fourth-order valence-electron chi connectivity index (χ4n) is 4.95. The van der Waals surface area contributed by atoms with Gasteiger partial charge in [0.1, 0.15) is 17.1 Å². The molecule has 4 N–H and O–H groups in total. The first-order chi connectivity index (χ1) is 16.6. The zero-order valence-corrected chi connectivity index (χ0v) is 19.3. The average molecular weight is 463 g/mol. The standard InChI is InChI=1S/C25H30N6O3/c1-34-23-20(17-13-28-31(14-17)18-7-10-27-11-8-18)25(30-12-9-19(32)15-30)29-22(21(23)24(26)33)16-5-3-2-4-6-16/h2-6,13-14,18-19,27,32H,7-12,15H2,1H3,(H2,26,33)/t19-/m1/s1. The molecule has 4 heterocycles. The number of carbonyl (C=O) groups excluding carboxylic acids is 1. The van der Waals surface area contributed by atoms with Gasteiger partial charge in [0.05, 0.1) is 36.7 Å². The lowest BCUT2D eigenvalue weighted by atomic mass is 9.98. The van der Waals surface area contributed by atoms with E-state index >= 15 is 0 Å². The Kier molecular flexibility index (Phi) is 6.21. The second-order valence-electron chi connectivity index (χ2n) is 8.88. The maximum absolute atomic E-state index is 12.7. The molecule has 0 spiro atoms. The number of benzene rings is 1. The normalized spacial score (nSPS) is 18.9. The molecule has 9 heteroatoms. The molecule has 0 radical (unpaired) electrons. The number of aliphatic hydroxyl groups is 1. The van der Waals surface area contributed by atoms with Crippen LogP contribution in [0.25, 0.3) is 22.4 Å². The first-order valence-corrected chi connectivity index (χ1v) is 11.7. The van der Waals surface area contributed by atoms with Gasteiger partial charge < -0.3 is 25.8 Å². The SMILES string of the molecule is COc1c(C(N)=O)c(-c2ccccc2)nc(N2CC[C@@H](O)C2)c1-c1cnn(C2CCNCC2)c1. The van der Waals surface area contributed by atoms with Gasteiger partial charge in [0.2, 0.25) is 0 Å². The van der Waals surface area contributed by atoms with Crippen molar-refractivity contribution in [1.82, 2.24) is 20.1 Å². The van der Waals surface area contributed by atoms with Crippen LogP contribution >= 0.6 is 0 Å². The monoisotopic (exact) mass is 462 g/mol. The zero-order valence-electron chi connectivity index (χ0n) is 19.3. The highest BCUT2D eigenvalue weighted by Crippen LogP contribution is 2.44. The Morgan fingerprint density at radius 1 is 1.18 bits per heavy atom. The molecule has 0 aliphatic carbocycles. The van der Waals surface area contributed by atoms with Crippen LogP contribution in [0, 0.1) is 0 Å². The van der Waals surface area contributed by atoms with E-state index < -0.39 is 12.0 Å². The van der Waals surface area contributed by atoms with E-state index in [0.717, 1.165) is 37.1 Å². The summed E-state index contributed by atoms with van der Waals surface area (Å²) in [6.45, 7) is 3.02. The minimum atomic E-state index is -0.608. The van der Waals surface area contributed by atoms with Gasteiger partial charge in [0, 0.05) is 30.4 Å². The third-order valence-corrected chi connectivity index (χ3v) is 6.67. The van der Waals surface area contributed by atoms with Gasteiger partial charge in [-0.2, -0.15) is 5.10 Å². The smallest absolute Gasteiger partial charge is 0.254 e. The number of nitrogens with one attached hydrogen (secondary N) is 1. The fourth-order valence-corrected chi connectivity index (χ4v) is 4.95.